The van der Waals surface area contributed by atoms with Crippen LogP contribution in [-0.4, -0.2) is 55.8 Å². The highest BCUT2D eigenvalue weighted by atomic mass is 16.6. The number of Topliss-reactive ketones (excluding diaryl/α,β-unsaturated/α-hetero) is 2. The number of hydrogen-bond acceptors (Lipinski definition) is 6. The van der Waals surface area contributed by atoms with Gasteiger partial charge in [-0.15, -0.1) is 0 Å². The van der Waals surface area contributed by atoms with E-state index in [1.165, 1.54) is 14.2 Å². The number of methoxy groups -OCH3 is 2. The van der Waals surface area contributed by atoms with Gasteiger partial charge in [-0.1, -0.05) is 6.08 Å². The summed E-state index contributed by atoms with van der Waals surface area (Å²) in [5.74, 6) is -0.494. The van der Waals surface area contributed by atoms with Gasteiger partial charge in [0.15, 0.2) is 22.6 Å². The van der Waals surface area contributed by atoms with E-state index in [2.05, 4.69) is 0 Å². The number of carbonyl (C=O) groups excluding carboxylic acids is 2. The quantitative estimate of drug-likeness (QED) is 0.529. The monoisotopic (exact) mass is 304 g/mol. The SMILES string of the molecule is COC1=CC2C(C3C=CC2(OC)C(=O)[C@]32CO2)[C@@]2(CO2)C1=O. The summed E-state index contributed by atoms with van der Waals surface area (Å²) in [6.07, 6.45) is 5.54. The van der Waals surface area contributed by atoms with Gasteiger partial charge >= 0.3 is 0 Å². The number of rotatable bonds is 2. The maximum absolute atomic E-state index is 13.0. The third-order valence-corrected chi connectivity index (χ3v) is 6.04. The van der Waals surface area contributed by atoms with Crippen LogP contribution in [-0.2, 0) is 28.5 Å². The van der Waals surface area contributed by atoms with Gasteiger partial charge in [-0.3, -0.25) is 9.59 Å². The molecule has 6 heteroatoms. The highest BCUT2D eigenvalue weighted by Gasteiger charge is 2.80. The van der Waals surface area contributed by atoms with Gasteiger partial charge < -0.3 is 18.9 Å². The molecule has 6 nitrogen and oxygen atoms in total. The molecule has 2 bridgehead atoms. The zero-order valence-corrected chi connectivity index (χ0v) is 12.3. The lowest BCUT2D eigenvalue weighted by atomic mass is 9.49. The lowest BCUT2D eigenvalue weighted by Crippen LogP contribution is -2.69. The molecule has 6 aliphatic rings. The van der Waals surface area contributed by atoms with E-state index in [-0.39, 0.29) is 35.1 Å². The summed E-state index contributed by atoms with van der Waals surface area (Å²) in [4.78, 5) is 25.7. The molecular weight excluding hydrogens is 288 g/mol. The predicted octanol–water partition coefficient (Wildman–Crippen LogP) is 0.0237. The number of ketones is 2. The van der Waals surface area contributed by atoms with Gasteiger partial charge in [0, 0.05) is 24.9 Å². The smallest absolute Gasteiger partial charge is 0.231 e. The van der Waals surface area contributed by atoms with Gasteiger partial charge in [0.05, 0.1) is 20.3 Å². The van der Waals surface area contributed by atoms with Crippen molar-refractivity contribution in [3.05, 3.63) is 24.0 Å². The van der Waals surface area contributed by atoms with E-state index in [9.17, 15) is 9.59 Å². The van der Waals surface area contributed by atoms with E-state index in [0.717, 1.165) is 0 Å². The first-order valence-corrected chi connectivity index (χ1v) is 7.44. The topological polar surface area (TPSA) is 77.7 Å². The Bertz CT molecular complexity index is 668. The van der Waals surface area contributed by atoms with Gasteiger partial charge in [0.2, 0.25) is 11.6 Å². The predicted molar refractivity (Wildman–Crippen MR) is 71.8 cm³/mol. The number of hydrogen-bond donors (Lipinski definition) is 0. The fourth-order valence-corrected chi connectivity index (χ4v) is 4.79. The molecule has 4 unspecified atom stereocenters. The Kier molecular flexibility index (Phi) is 2.08. The average Bonchev–Trinajstić information content (AvgIpc) is 3.44. The Balaban J connectivity index is 1.75. The lowest BCUT2D eigenvalue weighted by Gasteiger charge is -2.54. The fourth-order valence-electron chi connectivity index (χ4n) is 4.79. The van der Waals surface area contributed by atoms with Crippen molar-refractivity contribution in [3.63, 3.8) is 0 Å². The highest BCUT2D eigenvalue weighted by molar-refractivity contribution is 6.07. The zero-order chi connectivity index (χ0) is 15.3. The second kappa shape index (κ2) is 3.53. The maximum Gasteiger partial charge on any atom is 0.231 e. The first-order chi connectivity index (χ1) is 10.6. The molecule has 3 fully saturated rings. The second-order valence-corrected chi connectivity index (χ2v) is 6.68. The van der Waals surface area contributed by atoms with E-state index < -0.39 is 16.8 Å². The van der Waals surface area contributed by atoms with Crippen LogP contribution in [0.25, 0.3) is 0 Å². The Morgan fingerprint density at radius 2 is 1.82 bits per heavy atom. The molecule has 6 atom stereocenters. The van der Waals surface area contributed by atoms with Crippen molar-refractivity contribution in [1.29, 1.82) is 0 Å². The van der Waals surface area contributed by atoms with E-state index in [4.69, 9.17) is 18.9 Å². The average molecular weight is 304 g/mol. The minimum atomic E-state index is -1.10. The maximum atomic E-state index is 13.0. The minimum absolute atomic E-state index is 0.0481. The van der Waals surface area contributed by atoms with Gasteiger partial charge in [-0.05, 0) is 12.2 Å². The molecular formula is C16H16O6. The van der Waals surface area contributed by atoms with Gasteiger partial charge in [-0.25, -0.2) is 0 Å². The van der Waals surface area contributed by atoms with Crippen molar-refractivity contribution in [2.45, 2.75) is 16.8 Å². The van der Waals surface area contributed by atoms with Crippen LogP contribution in [0.3, 0.4) is 0 Å². The summed E-state index contributed by atoms with van der Waals surface area (Å²) < 4.78 is 22.1. The third kappa shape index (κ3) is 1.11. The molecule has 0 aromatic rings. The van der Waals surface area contributed by atoms with Crippen molar-refractivity contribution >= 4 is 11.6 Å². The van der Waals surface area contributed by atoms with E-state index in [1.807, 2.05) is 12.2 Å². The van der Waals surface area contributed by atoms with Crippen LogP contribution in [0.1, 0.15) is 0 Å². The second-order valence-electron chi connectivity index (χ2n) is 6.68. The van der Waals surface area contributed by atoms with Crippen LogP contribution in [0.15, 0.2) is 24.0 Å². The summed E-state index contributed by atoms with van der Waals surface area (Å²) in [6.45, 7) is 0.752. The van der Waals surface area contributed by atoms with Gasteiger partial charge in [0.1, 0.15) is 0 Å². The zero-order valence-electron chi connectivity index (χ0n) is 12.3. The van der Waals surface area contributed by atoms with Crippen molar-refractivity contribution in [2.24, 2.45) is 17.8 Å². The molecule has 0 radical (unpaired) electrons. The molecule has 2 saturated heterocycles. The summed E-state index contributed by atoms with van der Waals surface area (Å²) in [7, 11) is 2.99. The fraction of sp³-hybridized carbons (Fsp3) is 0.625. The summed E-state index contributed by atoms with van der Waals surface area (Å²) in [5.41, 5.74) is -2.81. The van der Waals surface area contributed by atoms with Crippen LogP contribution >= 0.6 is 0 Å². The molecule has 2 aliphatic heterocycles. The van der Waals surface area contributed by atoms with Crippen molar-refractivity contribution in [2.75, 3.05) is 27.4 Å². The molecule has 6 rings (SSSR count). The van der Waals surface area contributed by atoms with Crippen molar-refractivity contribution < 1.29 is 28.5 Å². The third-order valence-electron chi connectivity index (χ3n) is 6.04. The van der Waals surface area contributed by atoms with Gasteiger partial charge in [-0.2, -0.15) is 0 Å². The number of epoxide rings is 2. The standard InChI is InChI=1S/C16H16O6/c1-19-10-5-9-11(16(7-22-16)12(10)17)8-3-4-14(9,20-2)13(18)15(8)6-21-15/h3-5,8-9,11H,6-7H2,1-2H3/t8?,9?,11?,14?,15-,16-/m0/s1. The summed E-state index contributed by atoms with van der Waals surface area (Å²) >= 11 is 0. The molecule has 1 saturated carbocycles. The van der Waals surface area contributed by atoms with Crippen molar-refractivity contribution in [3.8, 4) is 0 Å². The first kappa shape index (κ1) is 13.0. The molecule has 0 aromatic carbocycles. The molecule has 2 spiro atoms. The largest absolute Gasteiger partial charge is 0.493 e. The Morgan fingerprint density at radius 1 is 1.14 bits per heavy atom. The Hall–Kier alpha value is -1.50. The molecule has 0 N–H and O–H groups in total. The molecule has 4 aliphatic carbocycles. The first-order valence-electron chi connectivity index (χ1n) is 7.44. The van der Waals surface area contributed by atoms with Crippen LogP contribution in [0.2, 0.25) is 0 Å². The Morgan fingerprint density at radius 3 is 2.36 bits per heavy atom. The van der Waals surface area contributed by atoms with Crippen LogP contribution in [0.4, 0.5) is 0 Å². The van der Waals surface area contributed by atoms with Crippen molar-refractivity contribution in [1.82, 2.24) is 0 Å². The molecule has 116 valence electrons. The molecule has 22 heavy (non-hydrogen) atoms. The molecule has 0 aromatic heterocycles. The molecule has 2 heterocycles. The Labute approximate surface area is 127 Å². The lowest BCUT2D eigenvalue weighted by molar-refractivity contribution is -0.169. The van der Waals surface area contributed by atoms with E-state index in [1.54, 1.807) is 6.08 Å². The summed E-state index contributed by atoms with van der Waals surface area (Å²) in [6, 6.07) is 0. The number of ether oxygens (including phenoxy) is 4. The normalized spacial score (nSPS) is 53.7. The number of carbonyl (C=O) groups is 2. The molecule has 0 amide bonds. The van der Waals surface area contributed by atoms with Crippen LogP contribution < -0.4 is 0 Å². The van der Waals surface area contributed by atoms with E-state index >= 15 is 0 Å². The van der Waals surface area contributed by atoms with Crippen LogP contribution in [0, 0.1) is 17.8 Å². The van der Waals surface area contributed by atoms with Gasteiger partial charge in [0.25, 0.3) is 0 Å². The van der Waals surface area contributed by atoms with Crippen LogP contribution in [0.5, 0.6) is 0 Å². The van der Waals surface area contributed by atoms with E-state index in [0.29, 0.717) is 13.2 Å². The highest BCUT2D eigenvalue weighted by Crippen LogP contribution is 2.64. The minimum Gasteiger partial charge on any atom is -0.493 e. The summed E-state index contributed by atoms with van der Waals surface area (Å²) in [5, 5.41) is 0.